The SMILES string of the molecule is O=C(O)C(Nc1nccn(C2CC2)c1=O)C1CC1. The molecule has 1 heterocycles. The molecule has 6 heteroatoms. The van der Waals surface area contributed by atoms with Gasteiger partial charge < -0.3 is 15.0 Å². The molecule has 2 fully saturated rings. The highest BCUT2D eigenvalue weighted by atomic mass is 16.4. The molecule has 0 aromatic carbocycles. The summed E-state index contributed by atoms with van der Waals surface area (Å²) in [5, 5.41) is 11.9. The summed E-state index contributed by atoms with van der Waals surface area (Å²) in [5.74, 6) is -0.637. The van der Waals surface area contributed by atoms with E-state index in [1.165, 1.54) is 0 Å². The van der Waals surface area contributed by atoms with Gasteiger partial charge in [0.25, 0.3) is 5.56 Å². The van der Waals surface area contributed by atoms with Crippen molar-refractivity contribution < 1.29 is 9.90 Å². The Morgan fingerprint density at radius 3 is 2.72 bits per heavy atom. The van der Waals surface area contributed by atoms with Crippen LogP contribution in [0.5, 0.6) is 0 Å². The van der Waals surface area contributed by atoms with Crippen LogP contribution in [0.15, 0.2) is 17.2 Å². The van der Waals surface area contributed by atoms with Crippen LogP contribution < -0.4 is 10.9 Å². The molecule has 1 aromatic rings. The maximum absolute atomic E-state index is 12.1. The molecule has 2 N–H and O–H groups in total. The van der Waals surface area contributed by atoms with E-state index in [9.17, 15) is 9.59 Å². The number of hydrogen-bond acceptors (Lipinski definition) is 4. The van der Waals surface area contributed by atoms with Gasteiger partial charge in [0.2, 0.25) is 0 Å². The molecule has 0 spiro atoms. The molecular weight excluding hydrogens is 234 g/mol. The van der Waals surface area contributed by atoms with Gasteiger partial charge >= 0.3 is 5.97 Å². The van der Waals surface area contributed by atoms with Gasteiger partial charge in [0.1, 0.15) is 6.04 Å². The van der Waals surface area contributed by atoms with E-state index in [0.717, 1.165) is 25.7 Å². The number of carbonyl (C=O) groups is 1. The molecule has 2 aliphatic carbocycles. The summed E-state index contributed by atoms with van der Waals surface area (Å²) in [6.45, 7) is 0. The highest BCUT2D eigenvalue weighted by Gasteiger charge is 2.37. The highest BCUT2D eigenvalue weighted by molar-refractivity contribution is 5.77. The average Bonchev–Trinajstić information content (AvgIpc) is 3.18. The zero-order valence-corrected chi connectivity index (χ0v) is 9.87. The van der Waals surface area contributed by atoms with Gasteiger partial charge in [-0.05, 0) is 31.6 Å². The first kappa shape index (κ1) is 11.3. The zero-order chi connectivity index (χ0) is 12.7. The van der Waals surface area contributed by atoms with E-state index in [1.54, 1.807) is 17.0 Å². The molecule has 0 saturated heterocycles. The van der Waals surface area contributed by atoms with Crippen molar-refractivity contribution in [2.75, 3.05) is 5.32 Å². The Balaban J connectivity index is 1.85. The van der Waals surface area contributed by atoms with E-state index in [2.05, 4.69) is 10.3 Å². The van der Waals surface area contributed by atoms with E-state index in [0.29, 0.717) is 0 Å². The average molecular weight is 249 g/mol. The number of carboxylic acids is 1. The number of aromatic nitrogens is 2. The fraction of sp³-hybridized carbons (Fsp3) is 0.583. The lowest BCUT2D eigenvalue weighted by Gasteiger charge is -2.14. The minimum Gasteiger partial charge on any atom is -0.480 e. The fourth-order valence-corrected chi connectivity index (χ4v) is 2.12. The van der Waals surface area contributed by atoms with E-state index >= 15 is 0 Å². The lowest BCUT2D eigenvalue weighted by molar-refractivity contribution is -0.138. The smallest absolute Gasteiger partial charge is 0.326 e. The predicted molar refractivity (Wildman–Crippen MR) is 64.5 cm³/mol. The standard InChI is InChI=1S/C12H15N3O3/c16-11-10(13-5-6-15(11)8-3-4-8)14-9(12(17)18)7-1-2-7/h5-9H,1-4H2,(H,13,14)(H,17,18). The highest BCUT2D eigenvalue weighted by Crippen LogP contribution is 2.35. The second kappa shape index (κ2) is 4.12. The maximum Gasteiger partial charge on any atom is 0.326 e. The van der Waals surface area contributed by atoms with E-state index in [4.69, 9.17) is 5.11 Å². The number of aliphatic carboxylic acids is 1. The monoisotopic (exact) mass is 249 g/mol. The van der Waals surface area contributed by atoms with Crippen LogP contribution in [-0.4, -0.2) is 26.7 Å². The van der Waals surface area contributed by atoms with Crippen molar-refractivity contribution in [2.24, 2.45) is 5.92 Å². The minimum atomic E-state index is -0.916. The number of anilines is 1. The van der Waals surface area contributed by atoms with Crippen LogP contribution in [0.25, 0.3) is 0 Å². The number of nitrogens with zero attached hydrogens (tertiary/aromatic N) is 2. The van der Waals surface area contributed by atoms with Crippen molar-refractivity contribution >= 4 is 11.8 Å². The number of nitrogens with one attached hydrogen (secondary N) is 1. The van der Waals surface area contributed by atoms with E-state index in [-0.39, 0.29) is 23.3 Å². The van der Waals surface area contributed by atoms with Gasteiger partial charge in [0.05, 0.1) is 0 Å². The summed E-state index contributed by atoms with van der Waals surface area (Å²) in [6.07, 6.45) is 7.02. The second-order valence-electron chi connectivity index (χ2n) is 5.02. The third-order valence-corrected chi connectivity index (χ3v) is 3.46. The summed E-state index contributed by atoms with van der Waals surface area (Å²) < 4.78 is 1.64. The van der Waals surface area contributed by atoms with Crippen LogP contribution in [0.3, 0.4) is 0 Å². The van der Waals surface area contributed by atoms with Crippen molar-refractivity contribution in [2.45, 2.75) is 37.8 Å². The van der Waals surface area contributed by atoms with Crippen LogP contribution in [0.4, 0.5) is 5.82 Å². The lowest BCUT2D eigenvalue weighted by Crippen LogP contribution is -2.35. The quantitative estimate of drug-likeness (QED) is 0.808. The molecule has 3 rings (SSSR count). The van der Waals surface area contributed by atoms with E-state index in [1.807, 2.05) is 0 Å². The molecule has 2 saturated carbocycles. The second-order valence-corrected chi connectivity index (χ2v) is 5.02. The van der Waals surface area contributed by atoms with Crippen molar-refractivity contribution in [3.8, 4) is 0 Å². The number of rotatable bonds is 5. The van der Waals surface area contributed by atoms with Crippen molar-refractivity contribution in [3.63, 3.8) is 0 Å². The van der Waals surface area contributed by atoms with Crippen LogP contribution in [-0.2, 0) is 4.79 Å². The van der Waals surface area contributed by atoms with Crippen LogP contribution in [0, 0.1) is 5.92 Å². The van der Waals surface area contributed by atoms with Crippen LogP contribution in [0.1, 0.15) is 31.7 Å². The van der Waals surface area contributed by atoms with Crippen molar-refractivity contribution in [1.29, 1.82) is 0 Å². The third-order valence-electron chi connectivity index (χ3n) is 3.46. The molecule has 96 valence electrons. The normalized spacial score (nSPS) is 20.4. The molecule has 1 aromatic heterocycles. The molecular formula is C12H15N3O3. The summed E-state index contributed by atoms with van der Waals surface area (Å²) in [7, 11) is 0. The van der Waals surface area contributed by atoms with Crippen molar-refractivity contribution in [3.05, 3.63) is 22.7 Å². The van der Waals surface area contributed by atoms with Crippen LogP contribution >= 0.6 is 0 Å². The van der Waals surface area contributed by atoms with Gasteiger partial charge in [-0.1, -0.05) is 0 Å². The Hall–Kier alpha value is -1.85. The Morgan fingerprint density at radius 1 is 1.44 bits per heavy atom. The minimum absolute atomic E-state index is 0.123. The van der Waals surface area contributed by atoms with Gasteiger partial charge in [-0.25, -0.2) is 9.78 Å². The van der Waals surface area contributed by atoms with Gasteiger partial charge in [-0.3, -0.25) is 4.79 Å². The lowest BCUT2D eigenvalue weighted by atomic mass is 10.2. The molecule has 0 aliphatic heterocycles. The first-order valence-corrected chi connectivity index (χ1v) is 6.23. The Bertz CT molecular complexity index is 532. The Labute approximate surface area is 104 Å². The molecule has 0 bridgehead atoms. The predicted octanol–water partition coefficient (Wildman–Crippen LogP) is 0.853. The summed E-state index contributed by atoms with van der Waals surface area (Å²) >= 11 is 0. The molecule has 1 unspecified atom stereocenters. The van der Waals surface area contributed by atoms with Crippen molar-refractivity contribution in [1.82, 2.24) is 9.55 Å². The molecule has 0 amide bonds. The molecule has 6 nitrogen and oxygen atoms in total. The third kappa shape index (κ3) is 2.10. The van der Waals surface area contributed by atoms with Gasteiger partial charge in [-0.15, -0.1) is 0 Å². The summed E-state index contributed by atoms with van der Waals surface area (Å²) in [4.78, 5) is 27.2. The van der Waals surface area contributed by atoms with Gasteiger partial charge in [0, 0.05) is 18.4 Å². The van der Waals surface area contributed by atoms with Crippen LogP contribution in [0.2, 0.25) is 0 Å². The largest absolute Gasteiger partial charge is 0.480 e. The first-order chi connectivity index (χ1) is 8.66. The Kier molecular flexibility index (Phi) is 2.57. The maximum atomic E-state index is 12.1. The molecule has 1 atom stereocenters. The van der Waals surface area contributed by atoms with Gasteiger partial charge in [0.15, 0.2) is 5.82 Å². The number of hydrogen-bond donors (Lipinski definition) is 2. The fourth-order valence-electron chi connectivity index (χ4n) is 2.12. The summed E-state index contributed by atoms with van der Waals surface area (Å²) in [6, 6.07) is -0.425. The summed E-state index contributed by atoms with van der Waals surface area (Å²) in [5.41, 5.74) is -0.216. The molecule has 0 radical (unpaired) electrons. The topological polar surface area (TPSA) is 84.2 Å². The molecule has 2 aliphatic rings. The van der Waals surface area contributed by atoms with Gasteiger partial charge in [-0.2, -0.15) is 0 Å². The Morgan fingerprint density at radius 2 is 2.17 bits per heavy atom. The first-order valence-electron chi connectivity index (χ1n) is 6.23. The molecule has 18 heavy (non-hydrogen) atoms. The van der Waals surface area contributed by atoms with E-state index < -0.39 is 12.0 Å². The zero-order valence-electron chi connectivity index (χ0n) is 9.87. The number of carboxylic acid groups (broad SMARTS) is 1.